The van der Waals surface area contributed by atoms with Gasteiger partial charge in [0.05, 0.1) is 12.7 Å². The van der Waals surface area contributed by atoms with Crippen LogP contribution in [-0.4, -0.2) is 56.9 Å². The number of methoxy groups -OCH3 is 1. The van der Waals surface area contributed by atoms with Gasteiger partial charge in [0, 0.05) is 12.2 Å². The van der Waals surface area contributed by atoms with Crippen molar-refractivity contribution in [1.29, 1.82) is 0 Å². The topological polar surface area (TPSA) is 185 Å². The largest absolute Gasteiger partial charge is 0.516 e. The van der Waals surface area contributed by atoms with E-state index in [0.29, 0.717) is 0 Å². The molecule has 0 spiro atoms. The van der Waals surface area contributed by atoms with Crippen LogP contribution < -0.4 is 23.7 Å². The number of rotatable bonds is 13. The lowest BCUT2D eigenvalue weighted by Crippen LogP contribution is -2.15. The third-order valence-electron chi connectivity index (χ3n) is 5.22. The van der Waals surface area contributed by atoms with E-state index in [1.54, 1.807) is 0 Å². The predicted molar refractivity (Wildman–Crippen MR) is 152 cm³/mol. The summed E-state index contributed by atoms with van der Waals surface area (Å²) < 4.78 is 43.9. The first kappa shape index (κ1) is 33.9. The Kier molecular flexibility index (Phi) is 12.4. The quantitative estimate of drug-likeness (QED) is 0.0836. The zero-order valence-electron chi connectivity index (χ0n) is 24.0. The Morgan fingerprint density at radius 3 is 1.39 bits per heavy atom. The van der Waals surface area contributed by atoms with Crippen LogP contribution in [0.1, 0.15) is 20.7 Å². The summed E-state index contributed by atoms with van der Waals surface area (Å²) in [5, 5.41) is 0. The highest BCUT2D eigenvalue weighted by Crippen LogP contribution is 2.25. The van der Waals surface area contributed by atoms with E-state index in [4.69, 9.17) is 23.7 Å². The fourth-order valence-electron chi connectivity index (χ4n) is 3.11. The molecule has 0 saturated heterocycles. The Hall–Kier alpha value is -6.64. The number of carbonyl (C=O) groups excluding carboxylic acids is 6. The maximum absolute atomic E-state index is 12.8. The van der Waals surface area contributed by atoms with Crippen molar-refractivity contribution in [1.82, 2.24) is 0 Å². The Bertz CT molecular complexity index is 1610. The summed E-state index contributed by atoms with van der Waals surface area (Å²) in [5.41, 5.74) is 0.0312. The summed E-state index contributed by atoms with van der Waals surface area (Å²) in [6.07, 6.45) is -0.481. The highest BCUT2D eigenvalue weighted by atomic mass is 16.8. The molecule has 0 fully saturated rings. The summed E-state index contributed by atoms with van der Waals surface area (Å²) in [6.45, 7) is 5.06. The fraction of sp³-hybridized carbons (Fsp3) is 0.0968. The molecule has 3 aromatic carbocycles. The van der Waals surface area contributed by atoms with E-state index in [1.165, 1.54) is 73.8 Å². The molecule has 0 aliphatic rings. The highest BCUT2D eigenvalue weighted by Gasteiger charge is 2.19. The molecule has 238 valence electrons. The van der Waals surface area contributed by atoms with Crippen molar-refractivity contribution in [3.05, 3.63) is 103 Å². The van der Waals surface area contributed by atoms with Gasteiger partial charge >= 0.3 is 36.2 Å². The van der Waals surface area contributed by atoms with Crippen LogP contribution >= 0.6 is 0 Å². The van der Waals surface area contributed by atoms with Crippen LogP contribution in [0, 0.1) is 0 Å². The minimum Gasteiger partial charge on any atom is -0.496 e. The number of carbonyl (C=O) groups is 6. The zero-order valence-corrected chi connectivity index (χ0v) is 24.0. The average molecular weight is 637 g/mol. The molecule has 0 atom stereocenters. The van der Waals surface area contributed by atoms with Gasteiger partial charge in [-0.25, -0.2) is 28.8 Å². The third-order valence-corrected chi connectivity index (χ3v) is 5.22. The van der Waals surface area contributed by atoms with Crippen LogP contribution in [0.2, 0.25) is 0 Å². The van der Waals surface area contributed by atoms with Crippen LogP contribution in [0.15, 0.2) is 92.0 Å². The summed E-state index contributed by atoms with van der Waals surface area (Å²) in [4.78, 5) is 70.7. The summed E-state index contributed by atoms with van der Waals surface area (Å²) in [5.74, 6) is -2.86. The maximum Gasteiger partial charge on any atom is 0.516 e. The lowest BCUT2D eigenvalue weighted by molar-refractivity contribution is -0.147. The van der Waals surface area contributed by atoms with E-state index in [2.05, 4.69) is 32.1 Å². The van der Waals surface area contributed by atoms with Crippen LogP contribution in [0.3, 0.4) is 0 Å². The number of benzene rings is 3. The molecule has 0 N–H and O–H groups in total. The predicted octanol–water partition coefficient (Wildman–Crippen LogP) is 4.54. The fourth-order valence-corrected chi connectivity index (χ4v) is 3.11. The number of esters is 4. The molecule has 0 amide bonds. The molecule has 3 rings (SSSR count). The lowest BCUT2D eigenvalue weighted by atomic mass is 10.1. The minimum atomic E-state index is -1.14. The van der Waals surface area contributed by atoms with Crippen molar-refractivity contribution in [3.63, 3.8) is 0 Å². The Morgan fingerprint density at radius 2 is 0.978 bits per heavy atom. The van der Waals surface area contributed by atoms with E-state index in [1.807, 2.05) is 0 Å². The Balaban J connectivity index is 1.53. The van der Waals surface area contributed by atoms with Gasteiger partial charge in [0.1, 0.15) is 34.3 Å². The molecule has 0 aliphatic heterocycles. The minimum absolute atomic E-state index is 0.00956. The Morgan fingerprint density at radius 1 is 0.565 bits per heavy atom. The summed E-state index contributed by atoms with van der Waals surface area (Å²) in [6, 6.07) is 14.6. The maximum atomic E-state index is 12.8. The SMILES string of the molecule is C=CC(=O)OCOC(=O)Oc1ccc(OC(=O)c2ccc(C(=O)Oc3ccc(OC(=O)OCOC(=O)C=C)cc3)c(OC)c2)cc1. The summed E-state index contributed by atoms with van der Waals surface area (Å²) in [7, 11) is 1.29. The first-order valence-electron chi connectivity index (χ1n) is 12.7. The van der Waals surface area contributed by atoms with E-state index in [9.17, 15) is 28.8 Å². The van der Waals surface area contributed by atoms with Gasteiger partial charge < -0.3 is 42.6 Å². The first-order chi connectivity index (χ1) is 22.1. The van der Waals surface area contributed by atoms with Crippen LogP contribution in [0.4, 0.5) is 9.59 Å². The number of hydrogen-bond donors (Lipinski definition) is 0. The number of hydrogen-bond acceptors (Lipinski definition) is 15. The molecule has 0 bridgehead atoms. The van der Waals surface area contributed by atoms with E-state index in [0.717, 1.165) is 12.2 Å². The second-order valence-corrected chi connectivity index (χ2v) is 8.20. The third kappa shape index (κ3) is 10.6. The molecular formula is C31H24O15. The molecule has 0 heterocycles. The van der Waals surface area contributed by atoms with Crippen molar-refractivity contribution < 1.29 is 71.4 Å². The monoisotopic (exact) mass is 636 g/mol. The lowest BCUT2D eigenvalue weighted by Gasteiger charge is -2.11. The van der Waals surface area contributed by atoms with E-state index >= 15 is 0 Å². The molecule has 0 aliphatic carbocycles. The van der Waals surface area contributed by atoms with E-state index < -0.39 is 49.8 Å². The van der Waals surface area contributed by atoms with Gasteiger partial charge in [0.25, 0.3) is 0 Å². The first-order valence-corrected chi connectivity index (χ1v) is 12.7. The molecule has 15 heteroatoms. The average Bonchev–Trinajstić information content (AvgIpc) is 3.05. The molecule has 0 unspecified atom stereocenters. The highest BCUT2D eigenvalue weighted by molar-refractivity contribution is 5.97. The van der Waals surface area contributed by atoms with Gasteiger partial charge in [0.15, 0.2) is 0 Å². The molecule has 46 heavy (non-hydrogen) atoms. The zero-order chi connectivity index (χ0) is 33.5. The van der Waals surface area contributed by atoms with Gasteiger partial charge in [0.2, 0.25) is 13.6 Å². The smallest absolute Gasteiger partial charge is 0.496 e. The van der Waals surface area contributed by atoms with Crippen molar-refractivity contribution in [3.8, 4) is 28.7 Å². The van der Waals surface area contributed by atoms with E-state index in [-0.39, 0.29) is 39.9 Å². The molecule has 15 nitrogen and oxygen atoms in total. The van der Waals surface area contributed by atoms with Gasteiger partial charge in [-0.05, 0) is 66.7 Å². The standard InChI is InChI=1S/C31H24O15/c1-4-26(32)39-17-41-30(36)45-22-11-7-20(8-12-22)43-28(34)19-6-15-24(25(16-19)38-3)29(35)44-21-9-13-23(14-10-21)46-31(37)42-18-40-27(33)5-2/h4-16H,1-2,17-18H2,3H3. The van der Waals surface area contributed by atoms with Crippen molar-refractivity contribution in [2.75, 3.05) is 20.7 Å². The second kappa shape index (κ2) is 16.9. The van der Waals surface area contributed by atoms with Crippen molar-refractivity contribution in [2.45, 2.75) is 0 Å². The van der Waals surface area contributed by atoms with Crippen LogP contribution in [0.25, 0.3) is 0 Å². The van der Waals surface area contributed by atoms with Crippen molar-refractivity contribution >= 4 is 36.2 Å². The van der Waals surface area contributed by atoms with Crippen LogP contribution in [0.5, 0.6) is 28.7 Å². The van der Waals surface area contributed by atoms with Gasteiger partial charge in [-0.15, -0.1) is 0 Å². The molecule has 0 aromatic heterocycles. The molecular weight excluding hydrogens is 612 g/mol. The van der Waals surface area contributed by atoms with Crippen LogP contribution in [-0.2, 0) is 28.5 Å². The molecule has 3 aromatic rings. The van der Waals surface area contributed by atoms with Gasteiger partial charge in [-0.3, -0.25) is 0 Å². The Labute approximate surface area is 260 Å². The number of ether oxygens (including phenoxy) is 9. The van der Waals surface area contributed by atoms with Gasteiger partial charge in [-0.2, -0.15) is 0 Å². The van der Waals surface area contributed by atoms with Crippen molar-refractivity contribution in [2.24, 2.45) is 0 Å². The molecule has 0 radical (unpaired) electrons. The normalized spacial score (nSPS) is 9.85. The summed E-state index contributed by atoms with van der Waals surface area (Å²) >= 11 is 0. The van der Waals surface area contributed by atoms with Gasteiger partial charge in [-0.1, -0.05) is 13.2 Å². The molecule has 0 saturated carbocycles. The second-order valence-electron chi connectivity index (χ2n) is 8.20.